The molecule has 0 bridgehead atoms. The molecule has 2 rings (SSSR count). The van der Waals surface area contributed by atoms with Crippen LogP contribution in [0, 0.1) is 0 Å². The quantitative estimate of drug-likeness (QED) is 0.881. The van der Waals surface area contributed by atoms with E-state index < -0.39 is 0 Å². The number of amides is 1. The van der Waals surface area contributed by atoms with Gasteiger partial charge in [0.05, 0.1) is 0 Å². The summed E-state index contributed by atoms with van der Waals surface area (Å²) in [5.74, 6) is -0.137. The van der Waals surface area contributed by atoms with E-state index in [1.165, 1.54) is 0 Å². The van der Waals surface area contributed by atoms with Gasteiger partial charge in [0.1, 0.15) is 0 Å². The third kappa shape index (κ3) is 4.08. The lowest BCUT2D eigenvalue weighted by Crippen LogP contribution is -2.14. The van der Waals surface area contributed by atoms with E-state index >= 15 is 0 Å². The van der Waals surface area contributed by atoms with Crippen molar-refractivity contribution < 1.29 is 4.79 Å². The molecular formula is C16H17ClN2O. The number of carbonyl (C=O) groups is 1. The number of benzene rings is 2. The molecule has 1 amide bonds. The van der Waals surface area contributed by atoms with Gasteiger partial charge < -0.3 is 10.6 Å². The minimum atomic E-state index is -0.137. The van der Waals surface area contributed by atoms with Gasteiger partial charge in [0.2, 0.25) is 0 Å². The zero-order valence-electron chi connectivity index (χ0n) is 11.3. The molecule has 0 saturated heterocycles. The van der Waals surface area contributed by atoms with E-state index in [9.17, 15) is 4.79 Å². The van der Waals surface area contributed by atoms with E-state index in [1.54, 1.807) is 24.3 Å². The molecule has 20 heavy (non-hydrogen) atoms. The Bertz CT molecular complexity index is 581. The number of anilines is 1. The smallest absolute Gasteiger partial charge is 0.255 e. The fourth-order valence-electron chi connectivity index (χ4n) is 1.83. The van der Waals surface area contributed by atoms with Crippen molar-refractivity contribution in [3.63, 3.8) is 0 Å². The van der Waals surface area contributed by atoms with Gasteiger partial charge in [-0.05, 0) is 48.5 Å². The van der Waals surface area contributed by atoms with Gasteiger partial charge in [-0.25, -0.2) is 0 Å². The molecule has 0 fully saturated rings. The highest BCUT2D eigenvalue weighted by Gasteiger charge is 2.06. The molecule has 0 aliphatic heterocycles. The lowest BCUT2D eigenvalue weighted by atomic mass is 10.1. The van der Waals surface area contributed by atoms with Gasteiger partial charge in [0.15, 0.2) is 0 Å². The summed E-state index contributed by atoms with van der Waals surface area (Å²) >= 11 is 5.81. The van der Waals surface area contributed by atoms with Crippen molar-refractivity contribution in [2.45, 2.75) is 13.5 Å². The number of carbonyl (C=O) groups excluding carboxylic acids is 1. The first-order chi connectivity index (χ1) is 9.69. The van der Waals surface area contributed by atoms with E-state index in [1.807, 2.05) is 24.3 Å². The van der Waals surface area contributed by atoms with Crippen LogP contribution >= 0.6 is 11.6 Å². The summed E-state index contributed by atoms with van der Waals surface area (Å²) in [5, 5.41) is 6.76. The monoisotopic (exact) mass is 288 g/mol. The largest absolute Gasteiger partial charge is 0.322 e. The van der Waals surface area contributed by atoms with Crippen LogP contribution < -0.4 is 10.6 Å². The Balaban J connectivity index is 2.05. The summed E-state index contributed by atoms with van der Waals surface area (Å²) in [6, 6.07) is 14.6. The Morgan fingerprint density at radius 1 is 1.15 bits per heavy atom. The van der Waals surface area contributed by atoms with Gasteiger partial charge in [0, 0.05) is 22.8 Å². The molecule has 0 spiro atoms. The van der Waals surface area contributed by atoms with E-state index in [2.05, 4.69) is 17.6 Å². The van der Waals surface area contributed by atoms with E-state index in [0.717, 1.165) is 24.3 Å². The molecule has 2 N–H and O–H groups in total. The third-order valence-corrected chi connectivity index (χ3v) is 3.12. The molecule has 0 radical (unpaired) electrons. The van der Waals surface area contributed by atoms with Crippen molar-refractivity contribution in [3.05, 3.63) is 64.7 Å². The molecule has 2 aromatic carbocycles. The van der Waals surface area contributed by atoms with Gasteiger partial charge in [-0.2, -0.15) is 0 Å². The predicted octanol–water partition coefficient (Wildman–Crippen LogP) is 3.70. The van der Waals surface area contributed by atoms with Crippen LogP contribution in [0.1, 0.15) is 22.8 Å². The maximum atomic E-state index is 12.1. The fourth-order valence-corrected chi connectivity index (χ4v) is 1.96. The molecule has 0 saturated carbocycles. The summed E-state index contributed by atoms with van der Waals surface area (Å²) in [6.07, 6.45) is 0. The van der Waals surface area contributed by atoms with Gasteiger partial charge in [-0.1, -0.05) is 30.7 Å². The van der Waals surface area contributed by atoms with Crippen LogP contribution in [0.2, 0.25) is 5.02 Å². The van der Waals surface area contributed by atoms with Gasteiger partial charge >= 0.3 is 0 Å². The number of rotatable bonds is 5. The average molecular weight is 289 g/mol. The number of hydrogen-bond donors (Lipinski definition) is 2. The Morgan fingerprint density at radius 2 is 1.90 bits per heavy atom. The molecule has 0 aliphatic rings. The average Bonchev–Trinajstić information content (AvgIpc) is 2.46. The molecule has 104 valence electrons. The molecule has 0 atom stereocenters. The highest BCUT2D eigenvalue weighted by atomic mass is 35.5. The molecule has 2 aromatic rings. The van der Waals surface area contributed by atoms with Crippen LogP contribution in [-0.4, -0.2) is 12.5 Å². The predicted molar refractivity (Wildman–Crippen MR) is 83.2 cm³/mol. The zero-order chi connectivity index (χ0) is 14.4. The van der Waals surface area contributed by atoms with Crippen LogP contribution in [0.5, 0.6) is 0 Å². The first-order valence-corrected chi connectivity index (χ1v) is 6.93. The second kappa shape index (κ2) is 7.08. The standard InChI is InChI=1S/C16H17ClN2O/c1-2-18-11-12-4-3-5-15(10-12)19-16(20)13-6-8-14(17)9-7-13/h3-10,18H,2,11H2,1H3,(H,19,20). The first-order valence-electron chi connectivity index (χ1n) is 6.55. The van der Waals surface area contributed by atoms with Crippen molar-refractivity contribution in [2.75, 3.05) is 11.9 Å². The van der Waals surface area contributed by atoms with Crippen LogP contribution in [0.3, 0.4) is 0 Å². The molecule has 0 heterocycles. The maximum absolute atomic E-state index is 12.1. The third-order valence-electron chi connectivity index (χ3n) is 2.87. The van der Waals surface area contributed by atoms with Crippen molar-refractivity contribution in [1.82, 2.24) is 5.32 Å². The van der Waals surface area contributed by atoms with Crippen molar-refractivity contribution >= 4 is 23.2 Å². The summed E-state index contributed by atoms with van der Waals surface area (Å²) in [7, 11) is 0. The SMILES string of the molecule is CCNCc1cccc(NC(=O)c2ccc(Cl)cc2)c1. The van der Waals surface area contributed by atoms with Gasteiger partial charge in [-0.3, -0.25) is 4.79 Å². The lowest BCUT2D eigenvalue weighted by Gasteiger charge is -2.08. The van der Waals surface area contributed by atoms with Crippen molar-refractivity contribution in [2.24, 2.45) is 0 Å². The second-order valence-electron chi connectivity index (χ2n) is 4.44. The van der Waals surface area contributed by atoms with E-state index in [4.69, 9.17) is 11.6 Å². The van der Waals surface area contributed by atoms with Crippen LogP contribution in [0.4, 0.5) is 5.69 Å². The summed E-state index contributed by atoms with van der Waals surface area (Å²) < 4.78 is 0. The lowest BCUT2D eigenvalue weighted by molar-refractivity contribution is 0.102. The number of nitrogens with one attached hydrogen (secondary N) is 2. The van der Waals surface area contributed by atoms with Crippen molar-refractivity contribution in [3.8, 4) is 0 Å². The Labute approximate surface area is 124 Å². The molecule has 0 aromatic heterocycles. The highest BCUT2D eigenvalue weighted by Crippen LogP contribution is 2.14. The molecule has 3 nitrogen and oxygen atoms in total. The first kappa shape index (κ1) is 14.6. The van der Waals surface area contributed by atoms with Gasteiger partial charge in [-0.15, -0.1) is 0 Å². The minimum absolute atomic E-state index is 0.137. The Kier molecular flexibility index (Phi) is 5.16. The normalized spacial score (nSPS) is 10.3. The van der Waals surface area contributed by atoms with Crippen LogP contribution in [0.15, 0.2) is 48.5 Å². The maximum Gasteiger partial charge on any atom is 0.255 e. The number of halogens is 1. The second-order valence-corrected chi connectivity index (χ2v) is 4.88. The summed E-state index contributed by atoms with van der Waals surface area (Å²) in [4.78, 5) is 12.1. The van der Waals surface area contributed by atoms with Gasteiger partial charge in [0.25, 0.3) is 5.91 Å². The molecule has 0 aliphatic carbocycles. The molecule has 0 unspecified atom stereocenters. The van der Waals surface area contributed by atoms with Crippen LogP contribution in [-0.2, 0) is 6.54 Å². The summed E-state index contributed by atoms with van der Waals surface area (Å²) in [6.45, 7) is 3.77. The molecular weight excluding hydrogens is 272 g/mol. The van der Waals surface area contributed by atoms with E-state index in [-0.39, 0.29) is 5.91 Å². The topological polar surface area (TPSA) is 41.1 Å². The zero-order valence-corrected chi connectivity index (χ0v) is 12.1. The van der Waals surface area contributed by atoms with Crippen LogP contribution in [0.25, 0.3) is 0 Å². The minimum Gasteiger partial charge on any atom is -0.322 e. The molecule has 4 heteroatoms. The Morgan fingerprint density at radius 3 is 2.60 bits per heavy atom. The highest BCUT2D eigenvalue weighted by molar-refractivity contribution is 6.30. The Hall–Kier alpha value is -1.84. The van der Waals surface area contributed by atoms with E-state index in [0.29, 0.717) is 10.6 Å². The van der Waals surface area contributed by atoms with Crippen molar-refractivity contribution in [1.29, 1.82) is 0 Å². The fraction of sp³-hybridized carbons (Fsp3) is 0.188. The summed E-state index contributed by atoms with van der Waals surface area (Å²) in [5.41, 5.74) is 2.52. The number of hydrogen-bond acceptors (Lipinski definition) is 2.